The van der Waals surface area contributed by atoms with Crippen molar-refractivity contribution in [3.8, 4) is 0 Å². The summed E-state index contributed by atoms with van der Waals surface area (Å²) in [5, 5.41) is 9.10. The molecule has 7 heteroatoms. The Morgan fingerprint density at radius 1 is 1.47 bits per heavy atom. The van der Waals surface area contributed by atoms with Crippen molar-refractivity contribution >= 4 is 29.6 Å². The van der Waals surface area contributed by atoms with E-state index in [-0.39, 0.29) is 5.91 Å². The summed E-state index contributed by atoms with van der Waals surface area (Å²) in [7, 11) is 0. The second-order valence-electron chi connectivity index (χ2n) is 3.96. The molecule has 3 amide bonds. The van der Waals surface area contributed by atoms with E-state index in [1.165, 1.54) is 11.2 Å². The number of primary amides is 1. The Balaban J connectivity index is 2.15. The number of nitrogens with two attached hydrogens (primary N) is 1. The second kappa shape index (κ2) is 5.30. The molecule has 0 radical (unpaired) electrons. The molecule has 0 saturated heterocycles. The number of anilines is 1. The molecular weight excluding hydrogens is 246 g/mol. The molecule has 7 nitrogen and oxygen atoms in total. The minimum absolute atomic E-state index is 0.223. The summed E-state index contributed by atoms with van der Waals surface area (Å²) >= 11 is 0. The van der Waals surface area contributed by atoms with E-state index < -0.39 is 11.9 Å². The molecule has 0 spiro atoms. The van der Waals surface area contributed by atoms with Crippen LogP contribution in [0.2, 0.25) is 0 Å². The third-order valence-electron chi connectivity index (χ3n) is 2.58. The Bertz CT molecular complexity index is 552. The SMILES string of the molecule is CC1=NN(c2ccccc2)C(=O)C1C=NNC(N)=O. The fourth-order valence-electron chi connectivity index (χ4n) is 1.68. The number of hydrogen-bond acceptors (Lipinski definition) is 4. The minimum atomic E-state index is -0.781. The van der Waals surface area contributed by atoms with Gasteiger partial charge in [0.2, 0.25) is 0 Å². The first-order valence-electron chi connectivity index (χ1n) is 5.62. The van der Waals surface area contributed by atoms with Crippen LogP contribution in [0.3, 0.4) is 0 Å². The molecule has 1 aromatic rings. The monoisotopic (exact) mass is 259 g/mol. The Labute approximate surface area is 109 Å². The molecule has 1 aromatic carbocycles. The fraction of sp³-hybridized carbons (Fsp3) is 0.167. The van der Waals surface area contributed by atoms with Crippen LogP contribution in [-0.4, -0.2) is 23.9 Å². The maximum absolute atomic E-state index is 12.2. The lowest BCUT2D eigenvalue weighted by atomic mass is 10.1. The first-order valence-corrected chi connectivity index (χ1v) is 5.62. The van der Waals surface area contributed by atoms with Gasteiger partial charge in [0, 0.05) is 6.21 Å². The molecule has 1 aliphatic rings. The van der Waals surface area contributed by atoms with Crippen molar-refractivity contribution in [2.75, 3.05) is 5.01 Å². The van der Waals surface area contributed by atoms with Gasteiger partial charge in [-0.15, -0.1) is 0 Å². The molecule has 3 N–H and O–H groups in total. The van der Waals surface area contributed by atoms with Crippen LogP contribution in [0.4, 0.5) is 10.5 Å². The van der Waals surface area contributed by atoms with Crippen LogP contribution in [0.1, 0.15) is 6.92 Å². The molecule has 0 aromatic heterocycles. The molecule has 2 rings (SSSR count). The number of nitrogens with one attached hydrogen (secondary N) is 1. The number of carbonyl (C=O) groups is 2. The lowest BCUT2D eigenvalue weighted by molar-refractivity contribution is -0.118. The first-order chi connectivity index (χ1) is 9.09. The predicted octanol–water partition coefficient (Wildman–Crippen LogP) is 0.679. The van der Waals surface area contributed by atoms with Crippen molar-refractivity contribution in [2.24, 2.45) is 21.9 Å². The van der Waals surface area contributed by atoms with Crippen LogP contribution in [0, 0.1) is 5.92 Å². The van der Waals surface area contributed by atoms with Crippen molar-refractivity contribution in [2.45, 2.75) is 6.92 Å². The number of nitrogens with zero attached hydrogens (tertiary/aromatic N) is 3. The van der Waals surface area contributed by atoms with Gasteiger partial charge in [0.15, 0.2) is 0 Å². The summed E-state index contributed by atoms with van der Waals surface area (Å²) in [6.45, 7) is 1.72. The summed E-state index contributed by atoms with van der Waals surface area (Å²) in [5.74, 6) is -0.814. The van der Waals surface area contributed by atoms with Gasteiger partial charge in [0.05, 0.1) is 11.4 Å². The maximum Gasteiger partial charge on any atom is 0.332 e. The largest absolute Gasteiger partial charge is 0.350 e. The summed E-state index contributed by atoms with van der Waals surface area (Å²) < 4.78 is 0. The quantitative estimate of drug-likeness (QED) is 0.616. The lowest BCUT2D eigenvalue weighted by Crippen LogP contribution is -2.30. The number of benzene rings is 1. The van der Waals surface area contributed by atoms with Gasteiger partial charge >= 0.3 is 6.03 Å². The van der Waals surface area contributed by atoms with Gasteiger partial charge < -0.3 is 5.73 Å². The number of carbonyl (C=O) groups excluding carboxylic acids is 2. The maximum atomic E-state index is 12.2. The van der Waals surface area contributed by atoms with Crippen molar-refractivity contribution in [1.29, 1.82) is 0 Å². The van der Waals surface area contributed by atoms with E-state index in [0.717, 1.165) is 0 Å². The second-order valence-corrected chi connectivity index (χ2v) is 3.96. The zero-order valence-electron chi connectivity index (χ0n) is 10.3. The number of rotatable bonds is 3. The van der Waals surface area contributed by atoms with E-state index in [1.54, 1.807) is 19.1 Å². The number of hydrogen-bond donors (Lipinski definition) is 2. The highest BCUT2D eigenvalue weighted by Crippen LogP contribution is 2.22. The van der Waals surface area contributed by atoms with E-state index in [1.807, 2.05) is 18.2 Å². The van der Waals surface area contributed by atoms with Crippen LogP contribution in [-0.2, 0) is 4.79 Å². The van der Waals surface area contributed by atoms with E-state index in [4.69, 9.17) is 5.73 Å². The first kappa shape index (κ1) is 12.7. The van der Waals surface area contributed by atoms with Crippen LogP contribution < -0.4 is 16.2 Å². The van der Waals surface area contributed by atoms with Gasteiger partial charge in [-0.2, -0.15) is 15.2 Å². The topological polar surface area (TPSA) is 100 Å². The van der Waals surface area contributed by atoms with Crippen molar-refractivity contribution in [3.63, 3.8) is 0 Å². The van der Waals surface area contributed by atoms with Crippen LogP contribution in [0.15, 0.2) is 40.5 Å². The summed E-state index contributed by atoms with van der Waals surface area (Å²) in [6.07, 6.45) is 1.31. The van der Waals surface area contributed by atoms with Crippen LogP contribution in [0.25, 0.3) is 0 Å². The molecule has 19 heavy (non-hydrogen) atoms. The third kappa shape index (κ3) is 2.76. The molecule has 1 atom stereocenters. The van der Waals surface area contributed by atoms with Gasteiger partial charge in [-0.25, -0.2) is 10.2 Å². The predicted molar refractivity (Wildman–Crippen MR) is 71.7 cm³/mol. The average molecular weight is 259 g/mol. The Kier molecular flexibility index (Phi) is 3.56. The van der Waals surface area contributed by atoms with Crippen molar-refractivity contribution < 1.29 is 9.59 Å². The number of urea groups is 1. The Hall–Kier alpha value is -2.70. The minimum Gasteiger partial charge on any atom is -0.350 e. The van der Waals surface area contributed by atoms with Gasteiger partial charge in [-0.1, -0.05) is 18.2 Å². The van der Waals surface area contributed by atoms with E-state index in [0.29, 0.717) is 11.4 Å². The molecule has 1 unspecified atom stereocenters. The number of amides is 3. The van der Waals surface area contributed by atoms with E-state index >= 15 is 0 Å². The molecular formula is C12H13N5O2. The lowest BCUT2D eigenvalue weighted by Gasteiger charge is -2.12. The fourth-order valence-corrected chi connectivity index (χ4v) is 1.68. The smallest absolute Gasteiger partial charge is 0.332 e. The third-order valence-corrected chi connectivity index (χ3v) is 2.58. The highest BCUT2D eigenvalue weighted by atomic mass is 16.2. The van der Waals surface area contributed by atoms with Gasteiger partial charge in [-0.05, 0) is 19.1 Å². The molecule has 0 saturated carbocycles. The molecule has 1 heterocycles. The van der Waals surface area contributed by atoms with E-state index in [2.05, 4.69) is 15.6 Å². The van der Waals surface area contributed by atoms with Gasteiger partial charge in [0.1, 0.15) is 5.92 Å². The highest BCUT2D eigenvalue weighted by molar-refractivity contribution is 6.23. The molecule has 0 aliphatic carbocycles. The van der Waals surface area contributed by atoms with Crippen LogP contribution >= 0.6 is 0 Å². The standard InChI is InChI=1S/C12H13N5O2/c1-8-10(7-14-15-12(13)19)11(18)17(16-8)9-5-3-2-4-6-9/h2-7,10H,1H3,(H3,13,15,19). The molecule has 98 valence electrons. The van der Waals surface area contributed by atoms with Crippen molar-refractivity contribution in [1.82, 2.24) is 5.43 Å². The molecule has 0 fully saturated rings. The van der Waals surface area contributed by atoms with E-state index in [9.17, 15) is 9.59 Å². The zero-order chi connectivity index (χ0) is 13.8. The number of hydrazone groups is 2. The average Bonchev–Trinajstić information content (AvgIpc) is 2.67. The van der Waals surface area contributed by atoms with Gasteiger partial charge in [-0.3, -0.25) is 4.79 Å². The molecule has 0 bridgehead atoms. The Morgan fingerprint density at radius 3 is 2.79 bits per heavy atom. The van der Waals surface area contributed by atoms with Crippen LogP contribution in [0.5, 0.6) is 0 Å². The normalized spacial score (nSPS) is 18.8. The summed E-state index contributed by atoms with van der Waals surface area (Å²) in [4.78, 5) is 22.7. The summed E-state index contributed by atoms with van der Waals surface area (Å²) in [6, 6.07) is 8.30. The molecule has 1 aliphatic heterocycles. The zero-order valence-corrected chi connectivity index (χ0v) is 10.3. The summed E-state index contributed by atoms with van der Waals surface area (Å²) in [5.41, 5.74) is 8.21. The number of para-hydroxylation sites is 1. The highest BCUT2D eigenvalue weighted by Gasteiger charge is 2.33. The van der Waals surface area contributed by atoms with Crippen molar-refractivity contribution in [3.05, 3.63) is 30.3 Å². The Morgan fingerprint density at radius 2 is 2.16 bits per heavy atom. The van der Waals surface area contributed by atoms with Gasteiger partial charge in [0.25, 0.3) is 5.91 Å².